The summed E-state index contributed by atoms with van der Waals surface area (Å²) in [7, 11) is 0. The molecule has 0 aliphatic carbocycles. The van der Waals surface area contributed by atoms with E-state index in [0.29, 0.717) is 16.9 Å². The standard InChI is InChI=1S/C18H15N5O.ClH/c1-10(24)11-4-2-3-5-14(11)23-9-8-12-15(23)7-6-13-16(12)17(19)22-18(20)21-13;/h2-9H,1H3,(H4,19,20,21,22);1H. The molecule has 0 aliphatic heterocycles. The van der Waals surface area contributed by atoms with Gasteiger partial charge in [0.15, 0.2) is 5.78 Å². The highest BCUT2D eigenvalue weighted by molar-refractivity contribution is 6.11. The fourth-order valence-electron chi connectivity index (χ4n) is 3.09. The molecule has 4 N–H and O–H groups in total. The van der Waals surface area contributed by atoms with Crippen LogP contribution in [-0.2, 0) is 0 Å². The van der Waals surface area contributed by atoms with Crippen molar-refractivity contribution in [1.29, 1.82) is 0 Å². The maximum absolute atomic E-state index is 11.9. The van der Waals surface area contributed by atoms with E-state index in [9.17, 15) is 4.79 Å². The molecule has 2 aromatic carbocycles. The number of halogens is 1. The Hall–Kier alpha value is -3.12. The van der Waals surface area contributed by atoms with Crippen LogP contribution in [0.2, 0.25) is 0 Å². The van der Waals surface area contributed by atoms with E-state index >= 15 is 0 Å². The molecule has 0 fully saturated rings. The predicted molar refractivity (Wildman–Crippen MR) is 102 cm³/mol. The molecule has 0 radical (unpaired) electrons. The van der Waals surface area contributed by atoms with Crippen LogP contribution in [-0.4, -0.2) is 20.3 Å². The molecular weight excluding hydrogens is 338 g/mol. The van der Waals surface area contributed by atoms with Crippen molar-refractivity contribution in [2.45, 2.75) is 6.92 Å². The minimum Gasteiger partial charge on any atom is -0.383 e. The number of aromatic nitrogens is 3. The summed E-state index contributed by atoms with van der Waals surface area (Å²) >= 11 is 0. The zero-order valence-electron chi connectivity index (χ0n) is 13.4. The van der Waals surface area contributed by atoms with Gasteiger partial charge in [0, 0.05) is 17.1 Å². The Morgan fingerprint density at radius 2 is 1.80 bits per heavy atom. The maximum Gasteiger partial charge on any atom is 0.222 e. The number of rotatable bonds is 2. The molecule has 7 heteroatoms. The van der Waals surface area contributed by atoms with E-state index in [2.05, 4.69) is 9.97 Å². The number of nitrogens with two attached hydrogens (primary N) is 2. The van der Waals surface area contributed by atoms with Gasteiger partial charge in [-0.1, -0.05) is 12.1 Å². The van der Waals surface area contributed by atoms with Gasteiger partial charge < -0.3 is 16.0 Å². The number of fused-ring (bicyclic) bond motifs is 3. The summed E-state index contributed by atoms with van der Waals surface area (Å²) in [6.45, 7) is 1.56. The maximum atomic E-state index is 11.9. The summed E-state index contributed by atoms with van der Waals surface area (Å²) in [5.74, 6) is 0.519. The first-order chi connectivity index (χ1) is 11.6. The third-order valence-corrected chi connectivity index (χ3v) is 4.12. The second-order valence-electron chi connectivity index (χ2n) is 5.62. The highest BCUT2D eigenvalue weighted by Gasteiger charge is 2.14. The molecule has 0 bridgehead atoms. The first-order valence-electron chi connectivity index (χ1n) is 7.49. The number of hydrogen-bond donors (Lipinski definition) is 2. The van der Waals surface area contributed by atoms with Crippen LogP contribution in [0.1, 0.15) is 17.3 Å². The van der Waals surface area contributed by atoms with E-state index in [1.165, 1.54) is 0 Å². The van der Waals surface area contributed by atoms with E-state index in [4.69, 9.17) is 11.5 Å². The zero-order chi connectivity index (χ0) is 16.8. The van der Waals surface area contributed by atoms with E-state index in [-0.39, 0.29) is 24.1 Å². The molecule has 0 spiro atoms. The third kappa shape index (κ3) is 2.56. The van der Waals surface area contributed by atoms with Crippen molar-refractivity contribution < 1.29 is 4.79 Å². The predicted octanol–water partition coefficient (Wildman–Crippen LogP) is 3.36. The molecule has 2 aromatic heterocycles. The van der Waals surface area contributed by atoms with Crippen molar-refractivity contribution >= 4 is 51.8 Å². The second kappa shape index (κ2) is 6.07. The van der Waals surface area contributed by atoms with Crippen LogP contribution in [0.3, 0.4) is 0 Å². The Morgan fingerprint density at radius 3 is 2.56 bits per heavy atom. The lowest BCUT2D eigenvalue weighted by molar-refractivity contribution is 0.101. The molecule has 0 amide bonds. The molecule has 0 atom stereocenters. The Bertz CT molecular complexity index is 1120. The van der Waals surface area contributed by atoms with E-state index in [0.717, 1.165) is 22.0 Å². The summed E-state index contributed by atoms with van der Waals surface area (Å²) in [5.41, 5.74) is 14.8. The molecule has 0 unspecified atom stereocenters. The highest BCUT2D eigenvalue weighted by atomic mass is 35.5. The van der Waals surface area contributed by atoms with Crippen LogP contribution in [0, 0.1) is 0 Å². The first kappa shape index (κ1) is 16.7. The number of hydrogen-bond acceptors (Lipinski definition) is 5. The lowest BCUT2D eigenvalue weighted by Gasteiger charge is -2.11. The lowest BCUT2D eigenvalue weighted by atomic mass is 10.1. The average Bonchev–Trinajstić information content (AvgIpc) is 2.97. The molecule has 6 nitrogen and oxygen atoms in total. The van der Waals surface area contributed by atoms with Gasteiger partial charge in [0.05, 0.1) is 22.1 Å². The normalized spacial score (nSPS) is 10.8. The number of nitrogens with zero attached hydrogens (tertiary/aromatic N) is 3. The van der Waals surface area contributed by atoms with E-state index in [1.807, 2.05) is 53.2 Å². The highest BCUT2D eigenvalue weighted by Crippen LogP contribution is 2.31. The Kier molecular flexibility index (Phi) is 4.06. The fraction of sp³-hybridized carbons (Fsp3) is 0.0556. The van der Waals surface area contributed by atoms with Gasteiger partial charge in [-0.3, -0.25) is 4.79 Å². The summed E-state index contributed by atoms with van der Waals surface area (Å²) in [5, 5.41) is 1.68. The smallest absolute Gasteiger partial charge is 0.222 e. The molecular formula is C18H16ClN5O. The average molecular weight is 354 g/mol. The van der Waals surface area contributed by atoms with Crippen LogP contribution >= 0.6 is 12.4 Å². The summed E-state index contributed by atoms with van der Waals surface area (Å²) in [4.78, 5) is 20.2. The molecule has 0 saturated heterocycles. The number of anilines is 2. The van der Waals surface area contributed by atoms with Crippen LogP contribution in [0.4, 0.5) is 11.8 Å². The summed E-state index contributed by atoms with van der Waals surface area (Å²) in [6, 6.07) is 13.3. The number of carbonyl (C=O) groups excluding carboxylic acids is 1. The zero-order valence-corrected chi connectivity index (χ0v) is 14.2. The third-order valence-electron chi connectivity index (χ3n) is 4.12. The number of carbonyl (C=O) groups is 1. The van der Waals surface area contributed by atoms with Gasteiger partial charge in [-0.25, -0.2) is 4.98 Å². The topological polar surface area (TPSA) is 99.8 Å². The lowest BCUT2D eigenvalue weighted by Crippen LogP contribution is -2.03. The molecule has 25 heavy (non-hydrogen) atoms. The molecule has 4 rings (SSSR count). The largest absolute Gasteiger partial charge is 0.383 e. The monoisotopic (exact) mass is 353 g/mol. The number of nitrogen functional groups attached to an aromatic ring is 2. The van der Waals surface area contributed by atoms with Crippen LogP contribution in [0.15, 0.2) is 48.7 Å². The Morgan fingerprint density at radius 1 is 1.04 bits per heavy atom. The fourth-order valence-corrected chi connectivity index (χ4v) is 3.09. The van der Waals surface area contributed by atoms with Gasteiger partial charge in [-0.15, -0.1) is 12.4 Å². The van der Waals surface area contributed by atoms with E-state index < -0.39 is 0 Å². The SMILES string of the molecule is CC(=O)c1ccccc1-n1ccc2c3c(N)nc(N)nc3ccc21.Cl. The first-order valence-corrected chi connectivity index (χ1v) is 7.49. The van der Waals surface area contributed by atoms with Crippen molar-refractivity contribution in [2.75, 3.05) is 11.5 Å². The number of Topliss-reactive ketones (excluding diaryl/α,β-unsaturated/α-hetero) is 1. The van der Waals surface area contributed by atoms with Gasteiger partial charge in [0.1, 0.15) is 5.82 Å². The number of ketones is 1. The van der Waals surface area contributed by atoms with Crippen molar-refractivity contribution in [3.8, 4) is 5.69 Å². The molecule has 0 aliphatic rings. The quantitative estimate of drug-likeness (QED) is 0.538. The van der Waals surface area contributed by atoms with Gasteiger partial charge >= 0.3 is 0 Å². The summed E-state index contributed by atoms with van der Waals surface area (Å²) in [6.07, 6.45) is 1.92. The van der Waals surface area contributed by atoms with Gasteiger partial charge in [0.25, 0.3) is 0 Å². The Balaban J connectivity index is 0.00000182. The van der Waals surface area contributed by atoms with Gasteiger partial charge in [0.2, 0.25) is 5.95 Å². The number of benzene rings is 2. The van der Waals surface area contributed by atoms with Gasteiger partial charge in [-0.05, 0) is 37.3 Å². The number of para-hydroxylation sites is 1. The van der Waals surface area contributed by atoms with Crippen molar-refractivity contribution in [2.24, 2.45) is 0 Å². The molecule has 0 saturated carbocycles. The van der Waals surface area contributed by atoms with Crippen LogP contribution < -0.4 is 11.5 Å². The minimum absolute atomic E-state index is 0. The molecule has 4 aromatic rings. The van der Waals surface area contributed by atoms with Crippen molar-refractivity contribution in [1.82, 2.24) is 14.5 Å². The minimum atomic E-state index is 0. The Labute approximate surface area is 149 Å². The molecule has 126 valence electrons. The van der Waals surface area contributed by atoms with Gasteiger partial charge in [-0.2, -0.15) is 4.98 Å². The van der Waals surface area contributed by atoms with E-state index in [1.54, 1.807) is 6.92 Å². The van der Waals surface area contributed by atoms with Crippen LogP contribution in [0.5, 0.6) is 0 Å². The van der Waals surface area contributed by atoms with Crippen molar-refractivity contribution in [3.63, 3.8) is 0 Å². The molecule has 2 heterocycles. The second-order valence-corrected chi connectivity index (χ2v) is 5.62. The van der Waals surface area contributed by atoms with Crippen LogP contribution in [0.25, 0.3) is 27.5 Å². The summed E-state index contributed by atoms with van der Waals surface area (Å²) < 4.78 is 1.97. The van der Waals surface area contributed by atoms with Crippen molar-refractivity contribution in [3.05, 3.63) is 54.2 Å².